The van der Waals surface area contributed by atoms with E-state index in [-0.39, 0.29) is 4.90 Å². The van der Waals surface area contributed by atoms with Crippen molar-refractivity contribution in [2.75, 3.05) is 4.72 Å². The summed E-state index contributed by atoms with van der Waals surface area (Å²) in [5.74, 6) is 0.624. The summed E-state index contributed by atoms with van der Waals surface area (Å²) in [6.07, 6.45) is 4.37. The highest BCUT2D eigenvalue weighted by Crippen LogP contribution is 2.22. The SMILES string of the molecule is CCn1cc(S(=O)(=O)Nc2ccc(-c3ccno3)cc2)cn1. The van der Waals surface area contributed by atoms with Gasteiger partial charge in [0.1, 0.15) is 4.90 Å². The minimum absolute atomic E-state index is 0.133. The van der Waals surface area contributed by atoms with Gasteiger partial charge in [0.15, 0.2) is 5.76 Å². The fraction of sp³-hybridized carbons (Fsp3) is 0.143. The Labute approximate surface area is 127 Å². The van der Waals surface area contributed by atoms with Crippen molar-refractivity contribution in [3.8, 4) is 11.3 Å². The van der Waals surface area contributed by atoms with Crippen molar-refractivity contribution in [3.63, 3.8) is 0 Å². The number of hydrogen-bond donors (Lipinski definition) is 1. The second kappa shape index (κ2) is 5.64. The minimum atomic E-state index is -3.64. The first-order chi connectivity index (χ1) is 10.6. The number of rotatable bonds is 5. The van der Waals surface area contributed by atoms with Crippen LogP contribution in [0.15, 0.2) is 58.3 Å². The predicted octanol–water partition coefficient (Wildman–Crippen LogP) is 2.36. The zero-order valence-electron chi connectivity index (χ0n) is 11.8. The van der Waals surface area contributed by atoms with Crippen molar-refractivity contribution >= 4 is 15.7 Å². The lowest BCUT2D eigenvalue weighted by Gasteiger charge is -2.06. The van der Waals surface area contributed by atoms with E-state index in [9.17, 15) is 8.42 Å². The van der Waals surface area contributed by atoms with Gasteiger partial charge in [0.25, 0.3) is 10.0 Å². The summed E-state index contributed by atoms with van der Waals surface area (Å²) < 4.78 is 33.6. The average Bonchev–Trinajstić information content (AvgIpc) is 3.19. The Morgan fingerprint density at radius 3 is 2.59 bits per heavy atom. The molecule has 3 aromatic rings. The molecule has 0 aliphatic carbocycles. The highest BCUT2D eigenvalue weighted by molar-refractivity contribution is 7.92. The van der Waals surface area contributed by atoms with Gasteiger partial charge in [0.05, 0.1) is 12.4 Å². The van der Waals surface area contributed by atoms with E-state index in [2.05, 4.69) is 15.0 Å². The smallest absolute Gasteiger partial charge is 0.265 e. The number of anilines is 1. The lowest BCUT2D eigenvalue weighted by Crippen LogP contribution is -2.12. The van der Waals surface area contributed by atoms with Crippen LogP contribution in [0.1, 0.15) is 6.92 Å². The summed E-state index contributed by atoms with van der Waals surface area (Å²) in [7, 11) is -3.64. The van der Waals surface area contributed by atoms with E-state index in [4.69, 9.17) is 4.52 Å². The van der Waals surface area contributed by atoms with Crippen LogP contribution in [0.5, 0.6) is 0 Å². The van der Waals surface area contributed by atoms with E-state index in [1.807, 2.05) is 6.92 Å². The second-order valence-electron chi connectivity index (χ2n) is 4.59. The fourth-order valence-electron chi connectivity index (χ4n) is 1.94. The van der Waals surface area contributed by atoms with Gasteiger partial charge in [-0.25, -0.2) is 8.42 Å². The van der Waals surface area contributed by atoms with Gasteiger partial charge < -0.3 is 4.52 Å². The summed E-state index contributed by atoms with van der Waals surface area (Å²) in [6, 6.07) is 8.58. The number of hydrogen-bond acceptors (Lipinski definition) is 5. The first kappa shape index (κ1) is 14.3. The molecule has 0 bridgehead atoms. The molecule has 7 nitrogen and oxygen atoms in total. The molecular weight excluding hydrogens is 304 g/mol. The molecule has 0 aliphatic rings. The summed E-state index contributed by atoms with van der Waals surface area (Å²) in [5, 5.41) is 7.60. The summed E-state index contributed by atoms with van der Waals surface area (Å²) in [5.41, 5.74) is 1.28. The number of nitrogens with one attached hydrogen (secondary N) is 1. The van der Waals surface area contributed by atoms with Gasteiger partial charge in [-0.1, -0.05) is 5.16 Å². The van der Waals surface area contributed by atoms with E-state index >= 15 is 0 Å². The van der Waals surface area contributed by atoms with Crippen molar-refractivity contribution in [3.05, 3.63) is 48.9 Å². The maximum absolute atomic E-state index is 12.3. The Morgan fingerprint density at radius 2 is 2.00 bits per heavy atom. The third kappa shape index (κ3) is 2.86. The molecule has 0 unspecified atom stereocenters. The maximum atomic E-state index is 12.3. The van der Waals surface area contributed by atoms with Crippen LogP contribution in [-0.4, -0.2) is 23.4 Å². The van der Waals surface area contributed by atoms with E-state index < -0.39 is 10.0 Å². The van der Waals surface area contributed by atoms with Crippen LogP contribution in [0.4, 0.5) is 5.69 Å². The van der Waals surface area contributed by atoms with Crippen molar-refractivity contribution in [2.45, 2.75) is 18.4 Å². The normalized spacial score (nSPS) is 11.5. The Bertz CT molecular complexity index is 852. The average molecular weight is 318 g/mol. The molecule has 8 heteroatoms. The van der Waals surface area contributed by atoms with Crippen LogP contribution in [0, 0.1) is 0 Å². The standard InChI is InChI=1S/C14H14N4O3S/c1-2-18-10-13(9-15-18)22(19,20)17-12-5-3-11(4-6-12)14-7-8-16-21-14/h3-10,17H,2H2,1H3. The monoisotopic (exact) mass is 318 g/mol. The molecule has 22 heavy (non-hydrogen) atoms. The number of sulfonamides is 1. The summed E-state index contributed by atoms with van der Waals surface area (Å²) in [6.45, 7) is 2.50. The fourth-order valence-corrected chi connectivity index (χ4v) is 2.95. The molecular formula is C14H14N4O3S. The van der Waals surface area contributed by atoms with Crippen molar-refractivity contribution in [2.24, 2.45) is 0 Å². The lowest BCUT2D eigenvalue weighted by atomic mass is 10.1. The quantitative estimate of drug-likeness (QED) is 0.780. The van der Waals surface area contributed by atoms with Crippen LogP contribution in [-0.2, 0) is 16.6 Å². The third-order valence-electron chi connectivity index (χ3n) is 3.10. The van der Waals surface area contributed by atoms with Gasteiger partial charge in [-0.05, 0) is 31.2 Å². The zero-order chi connectivity index (χ0) is 15.6. The second-order valence-corrected chi connectivity index (χ2v) is 6.27. The van der Waals surface area contributed by atoms with Gasteiger partial charge >= 0.3 is 0 Å². The molecule has 1 N–H and O–H groups in total. The largest absolute Gasteiger partial charge is 0.356 e. The first-order valence-corrected chi connectivity index (χ1v) is 8.13. The molecule has 1 aromatic carbocycles. The van der Waals surface area contributed by atoms with Crippen LogP contribution in [0.2, 0.25) is 0 Å². The Morgan fingerprint density at radius 1 is 1.23 bits per heavy atom. The lowest BCUT2D eigenvalue weighted by molar-refractivity contribution is 0.432. The molecule has 114 valence electrons. The molecule has 0 radical (unpaired) electrons. The van der Waals surface area contributed by atoms with Crippen LogP contribution in [0.3, 0.4) is 0 Å². The van der Waals surface area contributed by atoms with E-state index in [1.54, 1.807) is 41.2 Å². The Kier molecular flexibility index (Phi) is 3.68. The topological polar surface area (TPSA) is 90.0 Å². The molecule has 0 aliphatic heterocycles. The van der Waals surface area contributed by atoms with Gasteiger partial charge in [-0.2, -0.15) is 5.10 Å². The first-order valence-electron chi connectivity index (χ1n) is 6.65. The van der Waals surface area contributed by atoms with Gasteiger partial charge in [0.2, 0.25) is 0 Å². The van der Waals surface area contributed by atoms with Crippen LogP contribution >= 0.6 is 0 Å². The van der Waals surface area contributed by atoms with Gasteiger partial charge in [-0.3, -0.25) is 9.40 Å². The van der Waals surface area contributed by atoms with E-state index in [0.29, 0.717) is 18.0 Å². The molecule has 0 fully saturated rings. The third-order valence-corrected chi connectivity index (χ3v) is 4.44. The molecule has 0 amide bonds. The molecule has 2 aromatic heterocycles. The summed E-state index contributed by atoms with van der Waals surface area (Å²) in [4.78, 5) is 0.133. The molecule has 0 spiro atoms. The minimum Gasteiger partial charge on any atom is -0.356 e. The molecule has 0 saturated heterocycles. The number of aromatic nitrogens is 3. The molecule has 2 heterocycles. The van der Waals surface area contributed by atoms with Crippen molar-refractivity contribution in [1.82, 2.24) is 14.9 Å². The van der Waals surface area contributed by atoms with Crippen molar-refractivity contribution < 1.29 is 12.9 Å². The van der Waals surface area contributed by atoms with E-state index in [0.717, 1.165) is 5.56 Å². The molecule has 3 rings (SSSR count). The molecule has 0 saturated carbocycles. The van der Waals surface area contributed by atoms with Gasteiger partial charge in [0, 0.05) is 30.1 Å². The number of aryl methyl sites for hydroxylation is 1. The zero-order valence-corrected chi connectivity index (χ0v) is 12.6. The van der Waals surface area contributed by atoms with Gasteiger partial charge in [-0.15, -0.1) is 0 Å². The van der Waals surface area contributed by atoms with E-state index in [1.165, 1.54) is 12.4 Å². The maximum Gasteiger partial charge on any atom is 0.265 e. The van der Waals surface area contributed by atoms with Crippen LogP contribution in [0.25, 0.3) is 11.3 Å². The number of benzene rings is 1. The van der Waals surface area contributed by atoms with Crippen LogP contribution < -0.4 is 4.72 Å². The predicted molar refractivity (Wildman–Crippen MR) is 80.6 cm³/mol. The highest BCUT2D eigenvalue weighted by Gasteiger charge is 2.16. The van der Waals surface area contributed by atoms with Crippen molar-refractivity contribution in [1.29, 1.82) is 0 Å². The molecule has 0 atom stereocenters. The summed E-state index contributed by atoms with van der Waals surface area (Å²) >= 11 is 0. The Hall–Kier alpha value is -2.61. The Balaban J connectivity index is 1.80. The highest BCUT2D eigenvalue weighted by atomic mass is 32.2. The number of nitrogens with zero attached hydrogens (tertiary/aromatic N) is 3.